The number of hydrogen-bond donors (Lipinski definition) is 0. The van der Waals surface area contributed by atoms with E-state index in [9.17, 15) is 0 Å². The van der Waals surface area contributed by atoms with E-state index in [1.807, 2.05) is 12.1 Å². The number of allylic oxidation sites excluding steroid dienone is 5. The van der Waals surface area contributed by atoms with Crippen LogP contribution < -0.4 is 4.90 Å². The normalized spacial score (nSPS) is 17.5. The first-order valence-electron chi connectivity index (χ1n) is 21.4. The summed E-state index contributed by atoms with van der Waals surface area (Å²) in [7, 11) is 0. The van der Waals surface area contributed by atoms with Gasteiger partial charge in [0, 0.05) is 27.8 Å². The number of rotatable bonds is 7. The molecule has 1 fully saturated rings. The second kappa shape index (κ2) is 16.3. The molecule has 2 aliphatic rings. The molecule has 2 nitrogen and oxygen atoms in total. The molecular formula is C57H49NO. The Kier molecular flexibility index (Phi) is 10.1. The summed E-state index contributed by atoms with van der Waals surface area (Å²) in [6.45, 7) is 4.78. The third kappa shape index (κ3) is 7.36. The van der Waals surface area contributed by atoms with Crippen LogP contribution >= 0.6 is 0 Å². The maximum Gasteiger partial charge on any atom is 0.136 e. The maximum absolute atomic E-state index is 6.25. The summed E-state index contributed by atoms with van der Waals surface area (Å²) in [5.41, 5.74) is 19.9. The molecule has 2 heteroatoms. The van der Waals surface area contributed by atoms with Crippen LogP contribution in [-0.4, -0.2) is 0 Å². The molecule has 10 rings (SSSR count). The van der Waals surface area contributed by atoms with Crippen molar-refractivity contribution in [1.29, 1.82) is 0 Å². The van der Waals surface area contributed by atoms with Gasteiger partial charge in [-0.3, -0.25) is 0 Å². The van der Waals surface area contributed by atoms with Crippen molar-refractivity contribution in [2.24, 2.45) is 0 Å². The molecule has 1 heterocycles. The Morgan fingerprint density at radius 1 is 0.356 bits per heavy atom. The summed E-state index contributed by atoms with van der Waals surface area (Å²) >= 11 is 0. The molecule has 1 saturated carbocycles. The van der Waals surface area contributed by atoms with Crippen molar-refractivity contribution in [1.82, 2.24) is 0 Å². The van der Waals surface area contributed by atoms with Crippen LogP contribution in [0.5, 0.6) is 0 Å². The van der Waals surface area contributed by atoms with Gasteiger partial charge >= 0.3 is 0 Å². The average molecular weight is 764 g/mol. The highest BCUT2D eigenvalue weighted by Gasteiger charge is 2.24. The van der Waals surface area contributed by atoms with Crippen LogP contribution in [0.3, 0.4) is 0 Å². The number of para-hydroxylation sites is 1. The van der Waals surface area contributed by atoms with Gasteiger partial charge in [0.2, 0.25) is 0 Å². The predicted octanol–water partition coefficient (Wildman–Crippen LogP) is 16.7. The van der Waals surface area contributed by atoms with E-state index in [0.29, 0.717) is 0 Å². The summed E-state index contributed by atoms with van der Waals surface area (Å²) in [5.74, 6) is 0. The Bertz CT molecular complexity index is 2820. The Balaban J connectivity index is 1.05. The molecule has 0 amide bonds. The Morgan fingerprint density at radius 3 is 1.51 bits per heavy atom. The summed E-state index contributed by atoms with van der Waals surface area (Å²) in [5, 5.41) is 2.30. The third-order valence-electron chi connectivity index (χ3n) is 12.5. The van der Waals surface area contributed by atoms with Crippen LogP contribution in [0.4, 0.5) is 17.1 Å². The highest BCUT2D eigenvalue weighted by atomic mass is 16.3. The minimum absolute atomic E-state index is 0.911. The number of benzene rings is 7. The Hall–Kier alpha value is -6.64. The van der Waals surface area contributed by atoms with Crippen LogP contribution in [-0.2, 0) is 0 Å². The van der Waals surface area contributed by atoms with Gasteiger partial charge in [0.15, 0.2) is 0 Å². The third-order valence-corrected chi connectivity index (χ3v) is 12.5. The van der Waals surface area contributed by atoms with Crippen molar-refractivity contribution >= 4 is 50.1 Å². The Morgan fingerprint density at radius 2 is 0.831 bits per heavy atom. The smallest absolute Gasteiger partial charge is 0.136 e. The first-order chi connectivity index (χ1) is 29.2. The van der Waals surface area contributed by atoms with Gasteiger partial charge in [0.25, 0.3) is 0 Å². The van der Waals surface area contributed by atoms with Gasteiger partial charge in [-0.25, -0.2) is 0 Å². The molecule has 0 unspecified atom stereocenters. The number of fused-ring (bicyclic) bond motifs is 4. The number of anilines is 3. The van der Waals surface area contributed by atoms with Crippen molar-refractivity contribution in [3.05, 3.63) is 210 Å². The van der Waals surface area contributed by atoms with E-state index in [2.05, 4.69) is 169 Å². The lowest BCUT2D eigenvalue weighted by molar-refractivity contribution is 0.662. The lowest BCUT2D eigenvalue weighted by Gasteiger charge is -2.29. The van der Waals surface area contributed by atoms with E-state index >= 15 is 0 Å². The van der Waals surface area contributed by atoms with Gasteiger partial charge < -0.3 is 9.32 Å². The zero-order valence-corrected chi connectivity index (χ0v) is 33.7. The van der Waals surface area contributed by atoms with Crippen LogP contribution in [0, 0.1) is 0 Å². The van der Waals surface area contributed by atoms with Gasteiger partial charge in [-0.05, 0) is 167 Å². The van der Waals surface area contributed by atoms with Gasteiger partial charge in [0.05, 0.1) is 0 Å². The average Bonchev–Trinajstić information content (AvgIpc) is 3.68. The van der Waals surface area contributed by atoms with Gasteiger partial charge in [-0.15, -0.1) is 0 Å². The minimum Gasteiger partial charge on any atom is -0.456 e. The summed E-state index contributed by atoms with van der Waals surface area (Å²) in [6, 6.07) is 63.9. The SMILES string of the molecule is C=C1CCCCC/C(c2ccccc2)=C2/CCCC/C2=C/1c1ccc(N(c2ccc(-c3ccccc3)cc2)c2ccc(-c3ccc4c(c3)oc3ccccc34)cc2)cc1. The maximum atomic E-state index is 6.25. The second-order valence-electron chi connectivity index (χ2n) is 16.2. The Labute approximate surface area is 348 Å². The van der Waals surface area contributed by atoms with E-state index in [4.69, 9.17) is 11.0 Å². The first kappa shape index (κ1) is 36.7. The monoisotopic (exact) mass is 763 g/mol. The van der Waals surface area contributed by atoms with Crippen molar-refractivity contribution in [2.45, 2.75) is 57.8 Å². The quantitative estimate of drug-likeness (QED) is 0.161. The molecule has 59 heavy (non-hydrogen) atoms. The fourth-order valence-electron chi connectivity index (χ4n) is 9.52. The van der Waals surface area contributed by atoms with Crippen molar-refractivity contribution in [3.8, 4) is 22.3 Å². The molecule has 288 valence electrons. The van der Waals surface area contributed by atoms with Gasteiger partial charge in [0.1, 0.15) is 11.2 Å². The van der Waals surface area contributed by atoms with E-state index < -0.39 is 0 Å². The zero-order chi connectivity index (χ0) is 39.5. The molecule has 0 bridgehead atoms. The number of hydrogen-bond acceptors (Lipinski definition) is 2. The minimum atomic E-state index is 0.911. The van der Waals surface area contributed by atoms with Gasteiger partial charge in [-0.2, -0.15) is 0 Å². The van der Waals surface area contributed by atoms with E-state index in [1.165, 1.54) is 71.1 Å². The number of nitrogens with zero attached hydrogens (tertiary/aromatic N) is 1. The fraction of sp³-hybridized carbons (Fsp3) is 0.158. The van der Waals surface area contributed by atoms with E-state index in [1.54, 1.807) is 11.1 Å². The molecule has 8 aromatic rings. The first-order valence-corrected chi connectivity index (χ1v) is 21.4. The molecule has 0 N–H and O–H groups in total. The standard InChI is InChI=1S/C57H49NO/c1-40-15-5-2-10-20-50(44-18-8-4-9-19-44)51-21-11-12-23-54(51)57(40)45-29-36-49(37-30-45)58(47-32-25-42(26-33-47)41-16-6-3-7-17-41)48-34-27-43(28-35-48)46-31-38-53-52-22-13-14-24-55(52)59-56(53)39-46/h3-4,6-9,13-14,16-19,22,24-39H,1-2,5,10-12,15,20-21,23H2/b51-50+,57-54+. The molecule has 1 aromatic heterocycles. The molecule has 0 aliphatic heterocycles. The molecule has 7 aromatic carbocycles. The van der Waals surface area contributed by atoms with Crippen LogP contribution in [0.2, 0.25) is 0 Å². The highest BCUT2D eigenvalue weighted by Crippen LogP contribution is 2.45. The zero-order valence-electron chi connectivity index (χ0n) is 33.7. The van der Waals surface area contributed by atoms with Crippen molar-refractivity contribution in [3.63, 3.8) is 0 Å². The van der Waals surface area contributed by atoms with Crippen LogP contribution in [0.1, 0.15) is 68.9 Å². The van der Waals surface area contributed by atoms with Crippen molar-refractivity contribution in [2.75, 3.05) is 4.90 Å². The largest absolute Gasteiger partial charge is 0.456 e. The topological polar surface area (TPSA) is 16.4 Å². The summed E-state index contributed by atoms with van der Waals surface area (Å²) in [4.78, 5) is 2.38. The lowest BCUT2D eigenvalue weighted by atomic mass is 9.76. The lowest BCUT2D eigenvalue weighted by Crippen LogP contribution is -2.10. The fourth-order valence-corrected chi connectivity index (χ4v) is 9.52. The number of furan rings is 1. The van der Waals surface area contributed by atoms with Crippen LogP contribution in [0.25, 0.3) is 55.3 Å². The highest BCUT2D eigenvalue weighted by molar-refractivity contribution is 6.06. The van der Waals surface area contributed by atoms with Crippen LogP contribution in [0.15, 0.2) is 204 Å². The summed E-state index contributed by atoms with van der Waals surface area (Å²) in [6.07, 6.45) is 10.6. The molecule has 2 aliphatic carbocycles. The summed E-state index contributed by atoms with van der Waals surface area (Å²) < 4.78 is 6.25. The molecular weight excluding hydrogens is 715 g/mol. The predicted molar refractivity (Wildman–Crippen MR) is 250 cm³/mol. The van der Waals surface area contributed by atoms with E-state index in [0.717, 1.165) is 75.8 Å². The molecule has 0 radical (unpaired) electrons. The van der Waals surface area contributed by atoms with Crippen molar-refractivity contribution < 1.29 is 4.42 Å². The second-order valence-corrected chi connectivity index (χ2v) is 16.2. The van der Waals surface area contributed by atoms with Gasteiger partial charge in [-0.1, -0.05) is 134 Å². The molecule has 0 saturated heterocycles. The molecule has 0 spiro atoms. The molecule has 0 atom stereocenters. The van der Waals surface area contributed by atoms with E-state index in [-0.39, 0.29) is 0 Å².